The van der Waals surface area contributed by atoms with Crippen LogP contribution in [0.3, 0.4) is 0 Å². The minimum Gasteiger partial charge on any atom is -0.448 e. The smallest absolute Gasteiger partial charge is 0.356 e. The van der Waals surface area contributed by atoms with Gasteiger partial charge in [-0.3, -0.25) is 14.5 Å². The van der Waals surface area contributed by atoms with Gasteiger partial charge in [-0.1, -0.05) is 83.3 Å². The van der Waals surface area contributed by atoms with E-state index >= 15 is 0 Å². The number of alkyl halides is 1. The van der Waals surface area contributed by atoms with Crippen LogP contribution in [0.15, 0.2) is 71.9 Å². The topological polar surface area (TPSA) is 75.7 Å². The van der Waals surface area contributed by atoms with Crippen LogP contribution in [0.1, 0.15) is 24.2 Å². The molecule has 4 rings (SSSR count). The van der Waals surface area contributed by atoms with E-state index in [2.05, 4.69) is 27.9 Å². The molecule has 2 aromatic carbocycles. The van der Waals surface area contributed by atoms with Crippen molar-refractivity contribution in [3.8, 4) is 0 Å². The largest absolute Gasteiger partial charge is 0.448 e. The highest BCUT2D eigenvalue weighted by Crippen LogP contribution is 2.42. The van der Waals surface area contributed by atoms with Crippen molar-refractivity contribution in [3.63, 3.8) is 0 Å². The van der Waals surface area contributed by atoms with Crippen LogP contribution in [-0.2, 0) is 19.1 Å². The highest BCUT2D eigenvalue weighted by molar-refractivity contribution is 14.1. The number of β-lactam (4-membered cyclic amide) rings is 1. The zero-order valence-electron chi connectivity index (χ0n) is 16.8. The molecule has 2 atom stereocenters. The summed E-state index contributed by atoms with van der Waals surface area (Å²) in [7, 11) is 0. The number of carbonyl (C=O) groups excluding carboxylic acids is 3. The standard InChI is InChI=1S/C23H21IN2O4S/c1-14(27)25-18-21(28)26-19(17(12-24)13-31-22(18)26)23(29)30-20(15-8-4-2-5-9-15)16-10-6-3-7-11-16/h2-11,18,20,22H,12-13H2,1H3,(H,25,27). The van der Waals surface area contributed by atoms with Gasteiger partial charge in [0.05, 0.1) is 0 Å². The maximum absolute atomic E-state index is 13.4. The number of hydrogen-bond acceptors (Lipinski definition) is 5. The van der Waals surface area contributed by atoms with Gasteiger partial charge in [-0.25, -0.2) is 4.79 Å². The van der Waals surface area contributed by atoms with Gasteiger partial charge in [0, 0.05) is 17.1 Å². The summed E-state index contributed by atoms with van der Waals surface area (Å²) in [6.07, 6.45) is -0.589. The summed E-state index contributed by atoms with van der Waals surface area (Å²) in [4.78, 5) is 39.2. The number of nitrogens with zero attached hydrogens (tertiary/aromatic N) is 1. The van der Waals surface area contributed by atoms with E-state index < -0.39 is 18.1 Å². The highest BCUT2D eigenvalue weighted by Gasteiger charge is 2.54. The van der Waals surface area contributed by atoms with Crippen molar-refractivity contribution in [2.45, 2.75) is 24.4 Å². The minimum absolute atomic E-state index is 0.264. The summed E-state index contributed by atoms with van der Waals surface area (Å²) in [5, 5.41) is 2.39. The van der Waals surface area contributed by atoms with Crippen LogP contribution in [0, 0.1) is 0 Å². The summed E-state index contributed by atoms with van der Waals surface area (Å²) in [5.41, 5.74) is 2.88. The van der Waals surface area contributed by atoms with Crippen LogP contribution >= 0.6 is 34.4 Å². The molecule has 0 aromatic heterocycles. The molecule has 2 amide bonds. The molecule has 0 radical (unpaired) electrons. The Balaban J connectivity index is 1.64. The van der Waals surface area contributed by atoms with Gasteiger partial charge in [0.2, 0.25) is 5.91 Å². The lowest BCUT2D eigenvalue weighted by Crippen LogP contribution is -2.70. The van der Waals surface area contributed by atoms with E-state index in [1.165, 1.54) is 11.8 Å². The molecule has 1 fully saturated rings. The molecule has 0 bridgehead atoms. The van der Waals surface area contributed by atoms with Gasteiger partial charge in [0.1, 0.15) is 17.1 Å². The van der Waals surface area contributed by atoms with Crippen LogP contribution in [0.2, 0.25) is 0 Å². The van der Waals surface area contributed by atoms with E-state index in [0.717, 1.165) is 16.7 Å². The third-order valence-electron chi connectivity index (χ3n) is 5.19. The van der Waals surface area contributed by atoms with Gasteiger partial charge in [0.15, 0.2) is 6.10 Å². The summed E-state index contributed by atoms with van der Waals surface area (Å²) < 4.78 is 6.63. The second kappa shape index (κ2) is 9.44. The van der Waals surface area contributed by atoms with Crippen LogP contribution in [0.5, 0.6) is 0 Å². The molecule has 2 unspecified atom stereocenters. The molecule has 2 aromatic rings. The van der Waals surface area contributed by atoms with E-state index in [1.807, 2.05) is 60.7 Å². The molecule has 1 N–H and O–H groups in total. The van der Waals surface area contributed by atoms with Crippen LogP contribution in [0.4, 0.5) is 0 Å². The number of amides is 2. The first-order valence-corrected chi connectivity index (χ1v) is 12.4. The molecule has 6 nitrogen and oxygen atoms in total. The summed E-state index contributed by atoms with van der Waals surface area (Å²) in [6.45, 7) is 1.38. The molecular weight excluding hydrogens is 527 g/mol. The molecule has 0 aliphatic carbocycles. The molecular formula is C23H21IN2O4S. The number of rotatable bonds is 6. The monoisotopic (exact) mass is 548 g/mol. The number of thioether (sulfide) groups is 1. The average molecular weight is 548 g/mol. The van der Waals surface area contributed by atoms with E-state index in [1.54, 1.807) is 11.8 Å². The zero-order valence-corrected chi connectivity index (χ0v) is 19.8. The maximum atomic E-state index is 13.4. The molecule has 8 heteroatoms. The number of hydrogen-bond donors (Lipinski definition) is 1. The minimum atomic E-state index is -0.611. The number of carbonyl (C=O) groups is 3. The van der Waals surface area contributed by atoms with E-state index in [9.17, 15) is 14.4 Å². The number of nitrogens with one attached hydrogen (secondary N) is 1. The van der Waals surface area contributed by atoms with Crippen molar-refractivity contribution < 1.29 is 19.1 Å². The predicted molar refractivity (Wildman–Crippen MR) is 127 cm³/mol. The fourth-order valence-corrected chi connectivity index (χ4v) is 6.08. The van der Waals surface area contributed by atoms with Crippen molar-refractivity contribution >= 4 is 52.1 Å². The highest BCUT2D eigenvalue weighted by atomic mass is 127. The SMILES string of the molecule is CC(=O)NC1C(=O)N2C(C(=O)OC(c3ccccc3)c3ccccc3)=C(CI)CSC12. The van der Waals surface area contributed by atoms with E-state index in [4.69, 9.17) is 4.74 Å². The van der Waals surface area contributed by atoms with Gasteiger partial charge in [-0.15, -0.1) is 11.8 Å². The molecule has 1 saturated heterocycles. The predicted octanol–water partition coefficient (Wildman–Crippen LogP) is 3.43. The van der Waals surface area contributed by atoms with Crippen molar-refractivity contribution in [2.75, 3.05) is 10.2 Å². The molecule has 160 valence electrons. The van der Waals surface area contributed by atoms with Crippen molar-refractivity contribution in [1.82, 2.24) is 10.2 Å². The fourth-order valence-electron chi connectivity index (χ4n) is 3.74. The maximum Gasteiger partial charge on any atom is 0.356 e. The molecule has 2 aliphatic heterocycles. The molecule has 2 aliphatic rings. The number of esters is 1. The molecule has 0 spiro atoms. The third-order valence-corrected chi connectivity index (χ3v) is 7.45. The van der Waals surface area contributed by atoms with Gasteiger partial charge in [-0.2, -0.15) is 0 Å². The van der Waals surface area contributed by atoms with E-state index in [0.29, 0.717) is 15.9 Å². The Hall–Kier alpha value is -2.33. The summed E-state index contributed by atoms with van der Waals surface area (Å²) in [6, 6.07) is 18.5. The second-order valence-electron chi connectivity index (χ2n) is 7.28. The van der Waals surface area contributed by atoms with Crippen LogP contribution < -0.4 is 5.32 Å². The first-order valence-electron chi connectivity index (χ1n) is 9.82. The first-order chi connectivity index (χ1) is 15.0. The van der Waals surface area contributed by atoms with Crippen LogP contribution in [-0.4, -0.2) is 44.3 Å². The number of benzene rings is 2. The Morgan fingerprint density at radius 2 is 1.71 bits per heavy atom. The number of fused-ring (bicyclic) bond motifs is 1. The first kappa shape index (κ1) is 21.9. The second-order valence-corrected chi connectivity index (χ2v) is 9.15. The Morgan fingerprint density at radius 3 is 2.23 bits per heavy atom. The molecule has 0 saturated carbocycles. The Kier molecular flexibility index (Phi) is 6.66. The third kappa shape index (κ3) is 4.36. The quantitative estimate of drug-likeness (QED) is 0.259. The number of ether oxygens (including phenoxy) is 1. The van der Waals surface area contributed by atoms with Crippen molar-refractivity contribution in [3.05, 3.63) is 83.1 Å². The van der Waals surface area contributed by atoms with Gasteiger partial charge >= 0.3 is 5.97 Å². The van der Waals surface area contributed by atoms with E-state index in [-0.39, 0.29) is 17.2 Å². The lowest BCUT2D eigenvalue weighted by Gasteiger charge is -2.49. The van der Waals surface area contributed by atoms with Gasteiger partial charge in [0.25, 0.3) is 5.91 Å². The lowest BCUT2D eigenvalue weighted by molar-refractivity contribution is -0.154. The van der Waals surface area contributed by atoms with Crippen LogP contribution in [0.25, 0.3) is 0 Å². The Morgan fingerprint density at radius 1 is 1.13 bits per heavy atom. The molecule has 31 heavy (non-hydrogen) atoms. The molecule has 2 heterocycles. The Bertz CT molecular complexity index is 989. The Labute approximate surface area is 198 Å². The number of halogens is 1. The average Bonchev–Trinajstić information content (AvgIpc) is 2.80. The normalized spacial score (nSPS) is 20.2. The summed E-state index contributed by atoms with van der Waals surface area (Å²) >= 11 is 3.75. The van der Waals surface area contributed by atoms with Crippen molar-refractivity contribution in [2.24, 2.45) is 0 Å². The van der Waals surface area contributed by atoms with Gasteiger partial charge < -0.3 is 10.1 Å². The van der Waals surface area contributed by atoms with Gasteiger partial charge in [-0.05, 0) is 16.7 Å². The lowest BCUT2D eigenvalue weighted by atomic mass is 10.0. The fraction of sp³-hybridized carbons (Fsp3) is 0.261. The van der Waals surface area contributed by atoms with Crippen molar-refractivity contribution in [1.29, 1.82) is 0 Å². The zero-order chi connectivity index (χ0) is 22.0. The summed E-state index contributed by atoms with van der Waals surface area (Å²) in [5.74, 6) is -0.458.